The van der Waals surface area contributed by atoms with Crippen molar-refractivity contribution in [2.45, 2.75) is 95.4 Å². The number of ether oxygens (including phenoxy) is 8. The zero-order valence-corrected chi connectivity index (χ0v) is 25.0. The Bertz CT molecular complexity index is 1180. The first-order chi connectivity index (χ1) is 20.1. The molecule has 3 saturated heterocycles. The number of methoxy groups -OCH3 is 1. The third-order valence-corrected chi connectivity index (χ3v) is 7.75. The van der Waals surface area contributed by atoms with Gasteiger partial charge in [-0.3, -0.25) is 4.79 Å². The number of hydrogen-bond acceptors (Lipinski definition) is 9. The molecule has 8 atom stereocenters. The Kier molecular flexibility index (Phi) is 9.61. The number of rotatable bonds is 12. The van der Waals surface area contributed by atoms with E-state index in [-0.39, 0.29) is 12.4 Å². The molecule has 9 heteroatoms. The molecular formula is C33H42O9. The number of carbonyl (C=O) groups excluding carboxylic acids is 1. The maximum Gasteiger partial charge on any atom is 0.186 e. The molecule has 0 amide bonds. The predicted octanol–water partition coefficient (Wildman–Crippen LogP) is 4.57. The highest BCUT2D eigenvalue weighted by Crippen LogP contribution is 2.40. The van der Waals surface area contributed by atoms with Gasteiger partial charge in [-0.25, -0.2) is 0 Å². The molecule has 5 rings (SSSR count). The van der Waals surface area contributed by atoms with Gasteiger partial charge in [0.2, 0.25) is 0 Å². The maximum atomic E-state index is 14.3. The van der Waals surface area contributed by atoms with E-state index in [9.17, 15) is 4.79 Å². The van der Waals surface area contributed by atoms with E-state index >= 15 is 0 Å². The molecule has 3 aliphatic heterocycles. The SMILES string of the molecule is C=C[C@@H](C(=O)[C@H]1OC(C)(C)O[C@@H]1[C@H]1COC(C)(C)O1)[C@H]1O[C@@H](OC)[C@H](OCc2ccccc2)[C@@H]1OCc1ccccc1. The molecule has 0 aliphatic carbocycles. The van der Waals surface area contributed by atoms with E-state index in [0.29, 0.717) is 13.2 Å². The van der Waals surface area contributed by atoms with E-state index in [1.165, 1.54) is 0 Å². The van der Waals surface area contributed by atoms with Crippen molar-refractivity contribution in [1.29, 1.82) is 0 Å². The highest BCUT2D eigenvalue weighted by atomic mass is 16.8. The Morgan fingerprint density at radius 2 is 1.50 bits per heavy atom. The summed E-state index contributed by atoms with van der Waals surface area (Å²) in [4.78, 5) is 14.3. The summed E-state index contributed by atoms with van der Waals surface area (Å²) in [7, 11) is 1.55. The van der Waals surface area contributed by atoms with Gasteiger partial charge in [-0.15, -0.1) is 6.58 Å². The van der Waals surface area contributed by atoms with Crippen molar-refractivity contribution >= 4 is 5.78 Å². The third kappa shape index (κ3) is 7.01. The lowest BCUT2D eigenvalue weighted by Crippen LogP contribution is -2.48. The Morgan fingerprint density at radius 3 is 2.02 bits per heavy atom. The monoisotopic (exact) mass is 582 g/mol. The normalized spacial score (nSPS) is 32.5. The second-order valence-corrected chi connectivity index (χ2v) is 11.8. The standard InChI is InChI=1S/C33H42O9/c1-7-23(25(34)28-27(41-33(4,5)42-28)24-20-38-32(2,3)40-24)26-29(36-18-21-14-10-8-11-15-21)30(31(35-6)39-26)37-19-22-16-12-9-13-17-22/h7-17,23-24,26-31H,1,18-20H2,2-6H3/t23-,24+,26+,27+,28+,29+,30+,31+/m0/s1. The highest BCUT2D eigenvalue weighted by Gasteiger charge is 2.57. The van der Waals surface area contributed by atoms with E-state index in [2.05, 4.69) is 6.58 Å². The van der Waals surface area contributed by atoms with Gasteiger partial charge >= 0.3 is 0 Å². The van der Waals surface area contributed by atoms with Gasteiger partial charge in [-0.1, -0.05) is 66.7 Å². The number of benzene rings is 2. The lowest BCUT2D eigenvalue weighted by Gasteiger charge is -2.29. The van der Waals surface area contributed by atoms with Crippen LogP contribution in [-0.4, -0.2) is 74.0 Å². The molecule has 0 saturated carbocycles. The van der Waals surface area contributed by atoms with Crippen molar-refractivity contribution in [3.8, 4) is 0 Å². The largest absolute Gasteiger partial charge is 0.368 e. The zero-order valence-electron chi connectivity index (χ0n) is 25.0. The maximum absolute atomic E-state index is 14.3. The third-order valence-electron chi connectivity index (χ3n) is 7.75. The molecule has 0 spiro atoms. The van der Waals surface area contributed by atoms with Crippen LogP contribution < -0.4 is 0 Å². The molecule has 42 heavy (non-hydrogen) atoms. The van der Waals surface area contributed by atoms with Crippen molar-refractivity contribution < 1.29 is 42.7 Å². The van der Waals surface area contributed by atoms with Crippen LogP contribution in [0.3, 0.4) is 0 Å². The summed E-state index contributed by atoms with van der Waals surface area (Å²) in [5.74, 6) is -2.84. The molecule has 3 aliphatic rings. The molecule has 0 aromatic heterocycles. The molecule has 2 aromatic carbocycles. The Hall–Kier alpha value is -2.47. The van der Waals surface area contributed by atoms with Gasteiger partial charge in [0.15, 0.2) is 23.6 Å². The molecule has 3 fully saturated rings. The van der Waals surface area contributed by atoms with Gasteiger partial charge < -0.3 is 37.9 Å². The summed E-state index contributed by atoms with van der Waals surface area (Å²) in [5, 5.41) is 0. The van der Waals surface area contributed by atoms with Gasteiger partial charge in [0.25, 0.3) is 0 Å². The van der Waals surface area contributed by atoms with Gasteiger partial charge in [0.05, 0.1) is 25.7 Å². The molecule has 0 radical (unpaired) electrons. The Morgan fingerprint density at radius 1 is 0.905 bits per heavy atom. The fourth-order valence-corrected chi connectivity index (χ4v) is 5.79. The van der Waals surface area contributed by atoms with Crippen molar-refractivity contribution in [1.82, 2.24) is 0 Å². The second kappa shape index (κ2) is 13.0. The van der Waals surface area contributed by atoms with E-state index in [1.807, 2.05) is 74.5 Å². The topological polar surface area (TPSA) is 90.9 Å². The molecule has 3 heterocycles. The first-order valence-corrected chi connectivity index (χ1v) is 14.4. The summed E-state index contributed by atoms with van der Waals surface area (Å²) >= 11 is 0. The van der Waals surface area contributed by atoms with Gasteiger partial charge in [-0.05, 0) is 38.8 Å². The second-order valence-electron chi connectivity index (χ2n) is 11.8. The van der Waals surface area contributed by atoms with E-state index in [4.69, 9.17) is 37.9 Å². The first kappa shape index (κ1) is 31.0. The molecule has 9 nitrogen and oxygen atoms in total. The van der Waals surface area contributed by atoms with Gasteiger partial charge in [-0.2, -0.15) is 0 Å². The summed E-state index contributed by atoms with van der Waals surface area (Å²) in [6.07, 6.45) is -3.29. The van der Waals surface area contributed by atoms with Crippen LogP contribution in [0.4, 0.5) is 0 Å². The van der Waals surface area contributed by atoms with Crippen LogP contribution >= 0.6 is 0 Å². The van der Waals surface area contributed by atoms with Crippen LogP contribution in [0.1, 0.15) is 38.8 Å². The van der Waals surface area contributed by atoms with Gasteiger partial charge in [0.1, 0.15) is 36.6 Å². The van der Waals surface area contributed by atoms with Crippen LogP contribution in [0.5, 0.6) is 0 Å². The van der Waals surface area contributed by atoms with Crippen LogP contribution in [0.2, 0.25) is 0 Å². The molecule has 228 valence electrons. The van der Waals surface area contributed by atoms with E-state index in [0.717, 1.165) is 11.1 Å². The summed E-state index contributed by atoms with van der Waals surface area (Å²) in [5.41, 5.74) is 1.98. The molecule has 0 unspecified atom stereocenters. The number of carbonyl (C=O) groups is 1. The Balaban J connectivity index is 1.40. The fourth-order valence-electron chi connectivity index (χ4n) is 5.79. The zero-order chi connectivity index (χ0) is 29.9. The van der Waals surface area contributed by atoms with Crippen LogP contribution in [0.25, 0.3) is 0 Å². The number of hydrogen-bond donors (Lipinski definition) is 0. The van der Waals surface area contributed by atoms with Crippen LogP contribution in [-0.2, 0) is 55.9 Å². The molecule has 0 N–H and O–H groups in total. The predicted molar refractivity (Wildman–Crippen MR) is 153 cm³/mol. The van der Waals surface area contributed by atoms with E-state index in [1.54, 1.807) is 27.0 Å². The van der Waals surface area contributed by atoms with Crippen molar-refractivity contribution in [3.63, 3.8) is 0 Å². The van der Waals surface area contributed by atoms with Crippen LogP contribution in [0.15, 0.2) is 73.3 Å². The minimum Gasteiger partial charge on any atom is -0.368 e. The number of ketones is 1. The Labute approximate surface area is 248 Å². The minimum atomic E-state index is -0.997. The minimum absolute atomic E-state index is 0.245. The number of Topliss-reactive ketones (excluding diaryl/α,β-unsaturated/α-hetero) is 1. The summed E-state index contributed by atoms with van der Waals surface area (Å²) in [6.45, 7) is 12.1. The first-order valence-electron chi connectivity index (χ1n) is 14.4. The van der Waals surface area contributed by atoms with Crippen LogP contribution in [0, 0.1) is 5.92 Å². The average molecular weight is 583 g/mol. The summed E-state index contributed by atoms with van der Waals surface area (Å²) in [6, 6.07) is 19.7. The molecular weight excluding hydrogens is 540 g/mol. The molecule has 0 bridgehead atoms. The average Bonchev–Trinajstić information content (AvgIpc) is 3.63. The van der Waals surface area contributed by atoms with Crippen molar-refractivity contribution in [2.24, 2.45) is 5.92 Å². The highest BCUT2D eigenvalue weighted by molar-refractivity contribution is 5.88. The van der Waals surface area contributed by atoms with E-state index < -0.39 is 60.4 Å². The smallest absolute Gasteiger partial charge is 0.186 e. The summed E-state index contributed by atoms with van der Waals surface area (Å²) < 4.78 is 49.2. The van der Waals surface area contributed by atoms with Gasteiger partial charge in [0, 0.05) is 7.11 Å². The lowest BCUT2D eigenvalue weighted by atomic mass is 9.87. The fraction of sp³-hybridized carbons (Fsp3) is 0.545. The van der Waals surface area contributed by atoms with Crippen molar-refractivity contribution in [2.75, 3.05) is 13.7 Å². The molecule has 2 aromatic rings. The lowest BCUT2D eigenvalue weighted by molar-refractivity contribution is -0.176. The quantitative estimate of drug-likeness (QED) is 0.334. The van der Waals surface area contributed by atoms with Crippen molar-refractivity contribution in [3.05, 3.63) is 84.4 Å².